The Kier molecular flexibility index (Phi) is 7.65. The van der Waals surface area contributed by atoms with Crippen molar-refractivity contribution in [2.45, 2.75) is 32.7 Å². The zero-order chi connectivity index (χ0) is 21.5. The second kappa shape index (κ2) is 10.4. The minimum Gasteiger partial charge on any atom is -0.492 e. The first-order valence-electron chi connectivity index (χ1n) is 10.1. The number of nitrogens with zero attached hydrogens (tertiary/aromatic N) is 2. The summed E-state index contributed by atoms with van der Waals surface area (Å²) in [6.07, 6.45) is 2.96. The highest BCUT2D eigenvalue weighted by molar-refractivity contribution is 6.31. The Labute approximate surface area is 180 Å². The summed E-state index contributed by atoms with van der Waals surface area (Å²) in [4.78, 5) is 8.26. The van der Waals surface area contributed by atoms with Crippen molar-refractivity contribution >= 4 is 34.3 Å². The Morgan fingerprint density at radius 3 is 2.70 bits per heavy atom. The van der Waals surface area contributed by atoms with Crippen LogP contribution in [0.4, 0.5) is 16.2 Å². The highest BCUT2D eigenvalue weighted by atomic mass is 35.5. The van der Waals surface area contributed by atoms with Crippen LogP contribution in [-0.2, 0) is 6.54 Å². The third kappa shape index (κ3) is 5.49. The lowest BCUT2D eigenvalue weighted by Gasteiger charge is -2.18. The fourth-order valence-corrected chi connectivity index (χ4v) is 3.70. The Morgan fingerprint density at radius 1 is 1.13 bits per heavy atom. The fraction of sp³-hybridized carbons (Fsp3) is 0.364. The molecule has 1 aromatic heterocycles. The van der Waals surface area contributed by atoms with Gasteiger partial charge in [-0.3, -0.25) is 0 Å². The minimum atomic E-state index is -0.292. The zero-order valence-corrected chi connectivity index (χ0v) is 17.8. The van der Waals surface area contributed by atoms with E-state index in [-0.39, 0.29) is 11.8 Å². The number of fused-ring (bicyclic) bond motifs is 1. The average molecular weight is 432 g/mol. The van der Waals surface area contributed by atoms with Gasteiger partial charge in [0.25, 0.3) is 0 Å². The van der Waals surface area contributed by atoms with Crippen molar-refractivity contribution in [2.75, 3.05) is 24.6 Å². The summed E-state index contributed by atoms with van der Waals surface area (Å²) < 4.78 is 20.0. The molecular formula is C22H27ClFN5O. The summed E-state index contributed by atoms with van der Waals surface area (Å²) in [6, 6.07) is 10.3. The first-order valence-corrected chi connectivity index (χ1v) is 10.5. The summed E-state index contributed by atoms with van der Waals surface area (Å²) in [6.45, 7) is 3.81. The van der Waals surface area contributed by atoms with Crippen LogP contribution >= 0.6 is 11.6 Å². The monoisotopic (exact) mass is 431 g/mol. The van der Waals surface area contributed by atoms with Crippen LogP contribution in [0.25, 0.3) is 10.9 Å². The minimum absolute atomic E-state index is 0.141. The first-order chi connectivity index (χ1) is 14.5. The molecule has 160 valence electrons. The third-order valence-electron chi connectivity index (χ3n) is 4.99. The molecule has 3 aromatic rings. The highest BCUT2D eigenvalue weighted by Gasteiger charge is 2.14. The standard InChI is InChI=1S/C22H27ClFN5O/c1-2-5-14(10-11-27-12-15-16(23)6-3-7-17(15)24)13-30-19-9-4-8-18-20(19)21(25)29-22(26)28-18/h3-4,6-9,14,27H,2,5,10-13H2,1H3,(H4,25,26,28,29). The number of aromatic nitrogens is 2. The zero-order valence-electron chi connectivity index (χ0n) is 17.0. The van der Waals surface area contributed by atoms with Crippen LogP contribution in [0.1, 0.15) is 31.7 Å². The first kappa shape index (κ1) is 22.1. The lowest BCUT2D eigenvalue weighted by Crippen LogP contribution is -2.22. The fourth-order valence-electron chi connectivity index (χ4n) is 3.47. The van der Waals surface area contributed by atoms with E-state index in [1.54, 1.807) is 12.1 Å². The number of rotatable bonds is 10. The van der Waals surface area contributed by atoms with Crippen molar-refractivity contribution in [1.82, 2.24) is 15.3 Å². The maximum absolute atomic E-state index is 13.9. The molecule has 1 atom stereocenters. The van der Waals surface area contributed by atoms with Crippen molar-refractivity contribution in [3.63, 3.8) is 0 Å². The van der Waals surface area contributed by atoms with Crippen molar-refractivity contribution in [1.29, 1.82) is 0 Å². The molecule has 1 unspecified atom stereocenters. The second-order valence-electron chi connectivity index (χ2n) is 7.25. The Morgan fingerprint density at radius 2 is 1.93 bits per heavy atom. The van der Waals surface area contributed by atoms with E-state index in [2.05, 4.69) is 22.2 Å². The molecule has 8 heteroatoms. The molecule has 0 radical (unpaired) electrons. The Hall–Kier alpha value is -2.64. The molecule has 0 fully saturated rings. The molecule has 0 aliphatic rings. The van der Waals surface area contributed by atoms with E-state index < -0.39 is 0 Å². The lowest BCUT2D eigenvalue weighted by molar-refractivity contribution is 0.231. The van der Waals surface area contributed by atoms with Gasteiger partial charge < -0.3 is 21.5 Å². The predicted molar refractivity (Wildman–Crippen MR) is 120 cm³/mol. The van der Waals surface area contributed by atoms with E-state index >= 15 is 0 Å². The molecule has 0 saturated carbocycles. The summed E-state index contributed by atoms with van der Waals surface area (Å²) in [5.74, 6) is 1.15. The van der Waals surface area contributed by atoms with Gasteiger partial charge in [0.1, 0.15) is 17.4 Å². The van der Waals surface area contributed by atoms with E-state index in [1.807, 2.05) is 18.2 Å². The number of nitrogens with two attached hydrogens (primary N) is 2. The molecular weight excluding hydrogens is 405 g/mol. The van der Waals surface area contributed by atoms with Crippen LogP contribution < -0.4 is 21.5 Å². The van der Waals surface area contributed by atoms with Gasteiger partial charge in [-0.25, -0.2) is 9.37 Å². The molecule has 0 bridgehead atoms. The molecule has 0 aliphatic carbocycles. The number of benzene rings is 2. The van der Waals surface area contributed by atoms with Gasteiger partial charge in [-0.2, -0.15) is 4.98 Å². The van der Waals surface area contributed by atoms with Gasteiger partial charge >= 0.3 is 0 Å². The molecule has 0 saturated heterocycles. The maximum Gasteiger partial charge on any atom is 0.222 e. The number of anilines is 2. The molecule has 0 amide bonds. The van der Waals surface area contributed by atoms with Crippen LogP contribution in [0.3, 0.4) is 0 Å². The van der Waals surface area contributed by atoms with E-state index in [9.17, 15) is 4.39 Å². The summed E-state index contributed by atoms with van der Waals surface area (Å²) >= 11 is 6.08. The summed E-state index contributed by atoms with van der Waals surface area (Å²) in [5.41, 5.74) is 12.9. The van der Waals surface area contributed by atoms with Crippen molar-refractivity contribution in [3.8, 4) is 5.75 Å². The van der Waals surface area contributed by atoms with Crippen molar-refractivity contribution in [3.05, 3.63) is 52.8 Å². The van der Waals surface area contributed by atoms with Crippen molar-refractivity contribution in [2.24, 2.45) is 5.92 Å². The molecule has 2 aromatic carbocycles. The van der Waals surface area contributed by atoms with Gasteiger partial charge in [0.15, 0.2) is 0 Å². The number of hydrogen-bond acceptors (Lipinski definition) is 6. The van der Waals surface area contributed by atoms with E-state index in [4.69, 9.17) is 27.8 Å². The number of nitrogen functional groups attached to an aromatic ring is 2. The number of ether oxygens (including phenoxy) is 1. The molecule has 0 aliphatic heterocycles. The highest BCUT2D eigenvalue weighted by Crippen LogP contribution is 2.30. The SMILES string of the molecule is CCCC(CCNCc1c(F)cccc1Cl)COc1cccc2nc(N)nc(N)c12. The largest absolute Gasteiger partial charge is 0.492 e. The topological polar surface area (TPSA) is 99.1 Å². The van der Waals surface area contributed by atoms with Gasteiger partial charge in [-0.15, -0.1) is 0 Å². The molecule has 6 nitrogen and oxygen atoms in total. The van der Waals surface area contributed by atoms with Crippen LogP contribution in [0.15, 0.2) is 36.4 Å². The number of halogens is 2. The summed E-state index contributed by atoms with van der Waals surface area (Å²) in [5, 5.41) is 4.39. The average Bonchev–Trinajstić information content (AvgIpc) is 2.70. The van der Waals surface area contributed by atoms with Gasteiger partial charge in [0, 0.05) is 17.1 Å². The molecule has 0 spiro atoms. The van der Waals surface area contributed by atoms with Gasteiger partial charge in [-0.1, -0.05) is 37.1 Å². The van der Waals surface area contributed by atoms with Gasteiger partial charge in [0.05, 0.1) is 17.5 Å². The van der Waals surface area contributed by atoms with Gasteiger partial charge in [0.2, 0.25) is 5.95 Å². The second-order valence-corrected chi connectivity index (χ2v) is 7.66. The van der Waals surface area contributed by atoms with Crippen LogP contribution in [-0.4, -0.2) is 23.1 Å². The Bertz CT molecular complexity index is 980. The maximum atomic E-state index is 13.9. The molecule has 3 rings (SSSR count). The predicted octanol–water partition coefficient (Wildman–Crippen LogP) is 4.56. The quantitative estimate of drug-likeness (QED) is 0.407. The number of nitrogens with one attached hydrogen (secondary N) is 1. The Balaban J connectivity index is 1.58. The normalized spacial score (nSPS) is 12.2. The third-order valence-corrected chi connectivity index (χ3v) is 5.35. The lowest BCUT2D eigenvalue weighted by atomic mass is 10.0. The van der Waals surface area contributed by atoms with E-state index in [0.717, 1.165) is 25.8 Å². The van der Waals surface area contributed by atoms with E-state index in [1.165, 1.54) is 6.07 Å². The van der Waals surface area contributed by atoms with Crippen LogP contribution in [0.2, 0.25) is 5.02 Å². The number of hydrogen-bond donors (Lipinski definition) is 3. The smallest absolute Gasteiger partial charge is 0.222 e. The summed E-state index contributed by atoms with van der Waals surface area (Å²) in [7, 11) is 0. The van der Waals surface area contributed by atoms with Crippen molar-refractivity contribution < 1.29 is 9.13 Å². The molecule has 5 N–H and O–H groups in total. The van der Waals surface area contributed by atoms with E-state index in [0.29, 0.717) is 52.1 Å². The molecule has 1 heterocycles. The van der Waals surface area contributed by atoms with Gasteiger partial charge in [-0.05, 0) is 49.6 Å². The van der Waals surface area contributed by atoms with Crippen LogP contribution in [0, 0.1) is 11.7 Å². The molecule has 30 heavy (non-hydrogen) atoms. The van der Waals surface area contributed by atoms with Crippen LogP contribution in [0.5, 0.6) is 5.75 Å².